The van der Waals surface area contributed by atoms with Crippen molar-refractivity contribution in [3.63, 3.8) is 0 Å². The largest absolute Gasteiger partial charge is 0.488 e. The van der Waals surface area contributed by atoms with Gasteiger partial charge in [0.05, 0.1) is 27.4 Å². The predicted octanol–water partition coefficient (Wildman–Crippen LogP) is 5.77. The average molecular weight is 540 g/mol. The summed E-state index contributed by atoms with van der Waals surface area (Å²) < 4.78 is 35.7. The maximum absolute atomic E-state index is 13.8. The number of sulfonamides is 1. The van der Waals surface area contributed by atoms with Gasteiger partial charge in [-0.25, -0.2) is 8.42 Å². The van der Waals surface area contributed by atoms with Crippen LogP contribution in [0.1, 0.15) is 61.4 Å². The van der Waals surface area contributed by atoms with Gasteiger partial charge in [0, 0.05) is 19.6 Å². The highest BCUT2D eigenvalue weighted by molar-refractivity contribution is 7.88. The molecule has 1 aliphatic heterocycles. The van der Waals surface area contributed by atoms with E-state index < -0.39 is 10.0 Å². The molecule has 0 bridgehead atoms. The summed E-state index contributed by atoms with van der Waals surface area (Å²) in [6.45, 7) is 3.50. The van der Waals surface area contributed by atoms with Crippen LogP contribution in [0.25, 0.3) is 0 Å². The van der Waals surface area contributed by atoms with E-state index in [4.69, 9.17) is 27.9 Å². The Labute approximate surface area is 218 Å². The van der Waals surface area contributed by atoms with Crippen LogP contribution in [0.4, 0.5) is 0 Å². The zero-order chi connectivity index (χ0) is 25.0. The van der Waals surface area contributed by atoms with E-state index in [9.17, 15) is 13.2 Å². The molecule has 0 saturated heterocycles. The van der Waals surface area contributed by atoms with Crippen molar-refractivity contribution in [3.8, 4) is 5.75 Å². The van der Waals surface area contributed by atoms with Gasteiger partial charge in [0.1, 0.15) is 11.9 Å². The molecule has 35 heavy (non-hydrogen) atoms. The van der Waals surface area contributed by atoms with Crippen molar-refractivity contribution in [1.29, 1.82) is 0 Å². The van der Waals surface area contributed by atoms with Crippen LogP contribution in [0.3, 0.4) is 0 Å². The number of carbonyl (C=O) groups excluding carboxylic acids is 1. The van der Waals surface area contributed by atoms with E-state index >= 15 is 0 Å². The second-order valence-electron chi connectivity index (χ2n) is 9.21. The van der Waals surface area contributed by atoms with E-state index in [2.05, 4.69) is 0 Å². The maximum atomic E-state index is 13.8. The van der Waals surface area contributed by atoms with Crippen LogP contribution in [-0.2, 0) is 15.8 Å². The number of hydrogen-bond donors (Lipinski definition) is 0. The number of carbonyl (C=O) groups is 1. The molecule has 0 radical (unpaired) electrons. The fourth-order valence-corrected chi connectivity index (χ4v) is 7.18. The molecule has 1 amide bonds. The molecule has 2 atom stereocenters. The lowest BCUT2D eigenvalue weighted by atomic mass is 9.92. The Morgan fingerprint density at radius 2 is 1.71 bits per heavy atom. The quantitative estimate of drug-likeness (QED) is 0.495. The number of hydrogen-bond acceptors (Lipinski definition) is 4. The van der Waals surface area contributed by atoms with Crippen LogP contribution in [-0.4, -0.2) is 55.3 Å². The summed E-state index contributed by atoms with van der Waals surface area (Å²) in [6.07, 6.45) is 4.42. The molecule has 4 rings (SSSR count). The Kier molecular flexibility index (Phi) is 8.63. The number of rotatable bonds is 4. The van der Waals surface area contributed by atoms with Gasteiger partial charge in [0.25, 0.3) is 5.91 Å². The van der Waals surface area contributed by atoms with Gasteiger partial charge in [-0.2, -0.15) is 4.31 Å². The molecule has 2 aromatic carbocycles. The second-order valence-corrected chi connectivity index (χ2v) is 11.9. The average Bonchev–Trinajstić information content (AvgIpc) is 2.83. The molecule has 1 saturated carbocycles. The zero-order valence-electron chi connectivity index (χ0n) is 20.0. The first-order chi connectivity index (χ1) is 16.8. The first-order valence-corrected chi connectivity index (χ1v) is 14.6. The minimum atomic E-state index is -3.66. The van der Waals surface area contributed by atoms with Crippen molar-refractivity contribution in [2.24, 2.45) is 0 Å². The molecular weight excluding hydrogens is 507 g/mol. The molecule has 0 aromatic heterocycles. The zero-order valence-corrected chi connectivity index (χ0v) is 22.3. The molecule has 6 nitrogen and oxygen atoms in total. The molecule has 2 aromatic rings. The highest BCUT2D eigenvalue weighted by atomic mass is 35.5. The smallest absolute Gasteiger partial charge is 0.257 e. The van der Waals surface area contributed by atoms with Crippen LogP contribution in [0, 0.1) is 0 Å². The Bertz CT molecular complexity index is 1160. The van der Waals surface area contributed by atoms with Gasteiger partial charge < -0.3 is 9.64 Å². The summed E-state index contributed by atoms with van der Waals surface area (Å²) >= 11 is 12.2. The topological polar surface area (TPSA) is 66.9 Å². The number of halogens is 2. The summed E-state index contributed by atoms with van der Waals surface area (Å²) in [7, 11) is -3.66. The number of benzene rings is 2. The molecule has 0 unspecified atom stereocenters. The summed E-state index contributed by atoms with van der Waals surface area (Å²) in [5.41, 5.74) is 1.14. The van der Waals surface area contributed by atoms with Crippen molar-refractivity contribution < 1.29 is 17.9 Å². The molecule has 1 fully saturated rings. The van der Waals surface area contributed by atoms with Crippen LogP contribution < -0.4 is 4.74 Å². The first-order valence-electron chi connectivity index (χ1n) is 12.3. The van der Waals surface area contributed by atoms with E-state index in [-0.39, 0.29) is 23.8 Å². The van der Waals surface area contributed by atoms with Crippen LogP contribution in [0.2, 0.25) is 10.0 Å². The molecule has 190 valence electrons. The van der Waals surface area contributed by atoms with Crippen LogP contribution in [0.15, 0.2) is 42.5 Å². The standard InChI is InChI=1S/C26H32Cl2N2O4S/c1-2-29-15-7-8-16-30(35(32,33)18-19-13-14-21(27)22(28)17-19)23-10-4-6-12-25(23)34-24-11-5-3-9-20(24)26(29)31/h3,5,9,11,13-14,17,23,25H,2,4,6-8,10,12,15-16,18H2,1H3/t23-,25+/m1/s1. The van der Waals surface area contributed by atoms with E-state index in [0.717, 1.165) is 32.1 Å². The van der Waals surface area contributed by atoms with Gasteiger partial charge in [0.15, 0.2) is 0 Å². The molecule has 0 N–H and O–H groups in total. The number of fused-ring (bicyclic) bond motifs is 2. The van der Waals surface area contributed by atoms with Crippen molar-refractivity contribution in [2.45, 2.75) is 63.3 Å². The van der Waals surface area contributed by atoms with Gasteiger partial charge in [-0.05, 0) is 68.9 Å². The van der Waals surface area contributed by atoms with Crippen LogP contribution in [0.5, 0.6) is 5.75 Å². The Morgan fingerprint density at radius 3 is 2.49 bits per heavy atom. The lowest BCUT2D eigenvalue weighted by Gasteiger charge is -2.40. The third-order valence-electron chi connectivity index (χ3n) is 6.85. The van der Waals surface area contributed by atoms with Crippen molar-refractivity contribution in [1.82, 2.24) is 9.21 Å². The number of nitrogens with zero attached hydrogens (tertiary/aromatic N) is 2. The van der Waals surface area contributed by atoms with Gasteiger partial charge in [-0.1, -0.05) is 47.8 Å². The number of ether oxygens (including phenoxy) is 1. The van der Waals surface area contributed by atoms with E-state index in [1.54, 1.807) is 33.5 Å². The molecular formula is C26H32Cl2N2O4S. The first kappa shape index (κ1) is 26.3. The Balaban J connectivity index is 1.69. The highest BCUT2D eigenvalue weighted by Gasteiger charge is 2.38. The van der Waals surface area contributed by atoms with Crippen molar-refractivity contribution in [2.75, 3.05) is 19.6 Å². The van der Waals surface area contributed by atoms with Gasteiger partial charge in [-0.15, -0.1) is 0 Å². The van der Waals surface area contributed by atoms with Crippen molar-refractivity contribution >= 4 is 39.1 Å². The third-order valence-corrected chi connectivity index (χ3v) is 9.45. The molecule has 9 heteroatoms. The lowest BCUT2D eigenvalue weighted by Crippen LogP contribution is -2.51. The Morgan fingerprint density at radius 1 is 0.971 bits per heavy atom. The molecule has 0 spiro atoms. The Hall–Kier alpha value is -1.80. The SMILES string of the molecule is CCN1CCCCN(S(=O)(=O)Cc2ccc(Cl)c(Cl)c2)[C@@H]2CCCC[C@@H]2Oc2ccccc2C1=O. The third kappa shape index (κ3) is 6.13. The number of para-hydroxylation sites is 1. The van der Waals surface area contributed by atoms with Gasteiger partial charge >= 0.3 is 0 Å². The van der Waals surface area contributed by atoms with Gasteiger partial charge in [-0.3, -0.25) is 4.79 Å². The number of amides is 1. The highest BCUT2D eigenvalue weighted by Crippen LogP contribution is 2.33. The molecule has 2 aliphatic rings. The van der Waals surface area contributed by atoms with E-state index in [1.165, 1.54) is 0 Å². The minimum absolute atomic E-state index is 0.0415. The second kappa shape index (κ2) is 11.5. The monoisotopic (exact) mass is 538 g/mol. The van der Waals surface area contributed by atoms with Crippen molar-refractivity contribution in [3.05, 3.63) is 63.6 Å². The fourth-order valence-electron chi connectivity index (χ4n) is 5.03. The van der Waals surface area contributed by atoms with Gasteiger partial charge in [0.2, 0.25) is 10.0 Å². The summed E-state index contributed by atoms with van der Waals surface area (Å²) in [5.74, 6) is 0.332. The van der Waals surface area contributed by atoms with E-state index in [0.29, 0.717) is 53.0 Å². The summed E-state index contributed by atoms with van der Waals surface area (Å²) in [4.78, 5) is 15.0. The molecule has 1 heterocycles. The predicted molar refractivity (Wildman–Crippen MR) is 140 cm³/mol. The molecule has 1 aliphatic carbocycles. The summed E-state index contributed by atoms with van der Waals surface area (Å²) in [5, 5.41) is 0.737. The minimum Gasteiger partial charge on any atom is -0.488 e. The lowest BCUT2D eigenvalue weighted by molar-refractivity contribution is 0.0641. The normalized spacial score (nSPS) is 22.4. The maximum Gasteiger partial charge on any atom is 0.257 e. The van der Waals surface area contributed by atoms with Crippen LogP contribution >= 0.6 is 23.2 Å². The fraction of sp³-hybridized carbons (Fsp3) is 0.500. The van der Waals surface area contributed by atoms with E-state index in [1.807, 2.05) is 25.1 Å². The summed E-state index contributed by atoms with van der Waals surface area (Å²) in [6, 6.07) is 12.0.